The van der Waals surface area contributed by atoms with E-state index in [0.29, 0.717) is 5.82 Å². The van der Waals surface area contributed by atoms with Crippen molar-refractivity contribution in [2.45, 2.75) is 0 Å². The third-order valence-electron chi connectivity index (χ3n) is 12.0. The average molecular weight is 711 g/mol. The van der Waals surface area contributed by atoms with Gasteiger partial charge in [0, 0.05) is 54.5 Å². The smallest absolute Gasteiger partial charge is 0.160 e. The van der Waals surface area contributed by atoms with Crippen LogP contribution in [0.4, 0.5) is 0 Å². The lowest BCUT2D eigenvalue weighted by atomic mass is 9.98. The predicted molar refractivity (Wildman–Crippen MR) is 234 cm³/mol. The molecule has 0 aliphatic rings. The third-order valence-corrected chi connectivity index (χ3v) is 12.0. The first kappa shape index (κ1) is 29.8. The van der Waals surface area contributed by atoms with Crippen LogP contribution in [0.2, 0.25) is 0 Å². The van der Waals surface area contributed by atoms with Gasteiger partial charge in [-0.1, -0.05) is 121 Å². The van der Waals surface area contributed by atoms with Gasteiger partial charge in [-0.2, -0.15) is 0 Å². The summed E-state index contributed by atoms with van der Waals surface area (Å²) in [5.74, 6) is 0.715. The van der Waals surface area contributed by atoms with Crippen LogP contribution in [0.3, 0.4) is 0 Å². The quantitative estimate of drug-likeness (QED) is 0.183. The number of aromatic nitrogens is 4. The molecule has 13 rings (SSSR count). The van der Waals surface area contributed by atoms with E-state index in [4.69, 9.17) is 9.97 Å². The Hall–Kier alpha value is -7.56. The van der Waals surface area contributed by atoms with Crippen LogP contribution in [0, 0.1) is 0 Å². The Bertz CT molecular complexity index is 3760. The molecule has 0 atom stereocenters. The van der Waals surface area contributed by atoms with Crippen molar-refractivity contribution < 1.29 is 0 Å². The molecule has 0 N–H and O–H groups in total. The summed E-state index contributed by atoms with van der Waals surface area (Å²) < 4.78 is 4.94. The highest BCUT2D eigenvalue weighted by Crippen LogP contribution is 2.48. The molecule has 56 heavy (non-hydrogen) atoms. The van der Waals surface area contributed by atoms with Crippen molar-refractivity contribution in [1.82, 2.24) is 18.9 Å². The Morgan fingerprint density at radius 3 is 1.86 bits per heavy atom. The predicted octanol–water partition coefficient (Wildman–Crippen LogP) is 13.5. The van der Waals surface area contributed by atoms with Crippen molar-refractivity contribution in [1.29, 1.82) is 0 Å². The van der Waals surface area contributed by atoms with Crippen LogP contribution in [0.25, 0.3) is 121 Å². The molecule has 0 bridgehead atoms. The summed E-state index contributed by atoms with van der Waals surface area (Å²) in [5, 5.41) is 13.7. The summed E-state index contributed by atoms with van der Waals surface area (Å²) in [5.41, 5.74) is 11.2. The summed E-state index contributed by atoms with van der Waals surface area (Å²) in [6.45, 7) is 0. The number of benzene rings is 9. The van der Waals surface area contributed by atoms with Gasteiger partial charge in [-0.3, -0.25) is 0 Å². The lowest BCUT2D eigenvalue weighted by molar-refractivity contribution is 1.18. The molecule has 258 valence electrons. The van der Waals surface area contributed by atoms with Gasteiger partial charge in [-0.25, -0.2) is 9.97 Å². The first-order chi connectivity index (χ1) is 27.8. The van der Waals surface area contributed by atoms with Crippen LogP contribution >= 0.6 is 0 Å². The molecule has 4 nitrogen and oxygen atoms in total. The number of nitrogens with zero attached hydrogens (tertiary/aromatic N) is 4. The van der Waals surface area contributed by atoms with E-state index in [-0.39, 0.29) is 0 Å². The van der Waals surface area contributed by atoms with E-state index in [9.17, 15) is 0 Å². The summed E-state index contributed by atoms with van der Waals surface area (Å²) in [6.07, 6.45) is 0. The molecular weight excluding hydrogens is 681 g/mol. The zero-order valence-corrected chi connectivity index (χ0v) is 30.1. The van der Waals surface area contributed by atoms with Crippen molar-refractivity contribution in [3.8, 4) is 28.3 Å². The molecule has 0 radical (unpaired) electrons. The molecular formula is C52H30N4. The zero-order valence-electron chi connectivity index (χ0n) is 30.1. The largest absolute Gasteiger partial charge is 0.309 e. The topological polar surface area (TPSA) is 35.1 Å². The molecule has 0 saturated heterocycles. The fourth-order valence-electron chi connectivity index (χ4n) is 9.57. The molecule has 0 amide bonds. The van der Waals surface area contributed by atoms with E-state index in [2.05, 4.69) is 191 Å². The molecule has 0 aliphatic heterocycles. The molecule has 0 fully saturated rings. The van der Waals surface area contributed by atoms with Crippen LogP contribution in [0.5, 0.6) is 0 Å². The van der Waals surface area contributed by atoms with E-state index >= 15 is 0 Å². The molecule has 4 heteroatoms. The maximum atomic E-state index is 5.25. The van der Waals surface area contributed by atoms with Gasteiger partial charge in [0.2, 0.25) is 0 Å². The van der Waals surface area contributed by atoms with Gasteiger partial charge in [0.05, 0.1) is 38.8 Å². The van der Waals surface area contributed by atoms with Gasteiger partial charge < -0.3 is 8.97 Å². The van der Waals surface area contributed by atoms with Gasteiger partial charge in [0.1, 0.15) is 0 Å². The lowest BCUT2D eigenvalue weighted by Crippen LogP contribution is -1.97. The monoisotopic (exact) mass is 710 g/mol. The minimum Gasteiger partial charge on any atom is -0.309 e. The molecule has 0 unspecified atom stereocenters. The second-order valence-corrected chi connectivity index (χ2v) is 14.9. The fraction of sp³-hybridized carbons (Fsp3) is 0. The van der Waals surface area contributed by atoms with E-state index in [1.54, 1.807) is 0 Å². The zero-order chi connectivity index (χ0) is 36.5. The SMILES string of the molecule is c1ccc2cc(-c3nc(-c4ccc(-n5c6ccccc6c6c7c8c9ccccc9ccc8n8c9ccccc9c(cc65)c78)cc4)nc4ccccc34)ccc2c1. The van der Waals surface area contributed by atoms with Crippen molar-refractivity contribution in [2.75, 3.05) is 0 Å². The summed E-state index contributed by atoms with van der Waals surface area (Å²) in [4.78, 5) is 10.3. The maximum Gasteiger partial charge on any atom is 0.160 e. The number of para-hydroxylation sites is 3. The molecule has 4 heterocycles. The van der Waals surface area contributed by atoms with Gasteiger partial charge in [-0.15, -0.1) is 0 Å². The minimum absolute atomic E-state index is 0.715. The fourth-order valence-corrected chi connectivity index (χ4v) is 9.57. The average Bonchev–Trinajstić information content (AvgIpc) is 3.90. The number of hydrogen-bond donors (Lipinski definition) is 0. The van der Waals surface area contributed by atoms with E-state index < -0.39 is 0 Å². The molecule has 9 aromatic carbocycles. The number of rotatable bonds is 3. The Morgan fingerprint density at radius 2 is 1.00 bits per heavy atom. The van der Waals surface area contributed by atoms with Crippen LogP contribution in [0.1, 0.15) is 0 Å². The number of fused-ring (bicyclic) bond motifs is 14. The molecule has 13 aromatic rings. The van der Waals surface area contributed by atoms with E-state index in [1.165, 1.54) is 81.4 Å². The number of hydrogen-bond acceptors (Lipinski definition) is 2. The summed E-state index contributed by atoms with van der Waals surface area (Å²) in [6, 6.07) is 65.8. The second-order valence-electron chi connectivity index (χ2n) is 14.9. The van der Waals surface area contributed by atoms with Crippen LogP contribution in [-0.2, 0) is 0 Å². The first-order valence-electron chi connectivity index (χ1n) is 19.2. The normalized spacial score (nSPS) is 12.3. The Kier molecular flexibility index (Phi) is 5.86. The van der Waals surface area contributed by atoms with Crippen LogP contribution < -0.4 is 0 Å². The standard InChI is InChI=1S/C52H30N4/c1-2-13-34-29-35(22-21-31(34)11-1)50-39-16-5-8-18-42(39)53-52(54-50)33-23-26-36(27-24-33)55-44-20-10-7-17-40(44)48-46(55)30-41-38-15-6-9-19-43(38)56-45-28-25-32-12-3-4-14-37(32)47(45)49(48)51(41)56/h1-30H. The molecule has 0 aliphatic carbocycles. The Morgan fingerprint density at radius 1 is 0.357 bits per heavy atom. The van der Waals surface area contributed by atoms with Gasteiger partial charge in [0.25, 0.3) is 0 Å². The first-order valence-corrected chi connectivity index (χ1v) is 19.2. The van der Waals surface area contributed by atoms with Crippen LogP contribution in [0.15, 0.2) is 182 Å². The lowest BCUT2D eigenvalue weighted by Gasteiger charge is -2.12. The van der Waals surface area contributed by atoms with E-state index in [0.717, 1.165) is 33.4 Å². The van der Waals surface area contributed by atoms with Crippen LogP contribution in [-0.4, -0.2) is 18.9 Å². The molecule has 0 spiro atoms. The van der Waals surface area contributed by atoms with Crippen molar-refractivity contribution in [3.63, 3.8) is 0 Å². The summed E-state index contributed by atoms with van der Waals surface area (Å²) >= 11 is 0. The second kappa shape index (κ2) is 11.0. The Balaban J connectivity index is 1.06. The highest BCUT2D eigenvalue weighted by Gasteiger charge is 2.25. The maximum absolute atomic E-state index is 5.25. The van der Waals surface area contributed by atoms with Gasteiger partial charge in [-0.05, 0) is 82.2 Å². The highest BCUT2D eigenvalue weighted by atomic mass is 15.0. The Labute approximate surface area is 320 Å². The molecule has 0 saturated carbocycles. The van der Waals surface area contributed by atoms with Gasteiger partial charge >= 0.3 is 0 Å². The van der Waals surface area contributed by atoms with Crippen molar-refractivity contribution in [2.24, 2.45) is 0 Å². The summed E-state index contributed by atoms with van der Waals surface area (Å²) in [7, 11) is 0. The van der Waals surface area contributed by atoms with Crippen molar-refractivity contribution >= 4 is 92.3 Å². The van der Waals surface area contributed by atoms with Crippen molar-refractivity contribution in [3.05, 3.63) is 182 Å². The highest BCUT2D eigenvalue weighted by molar-refractivity contribution is 6.38. The van der Waals surface area contributed by atoms with E-state index in [1.807, 2.05) is 0 Å². The van der Waals surface area contributed by atoms with Gasteiger partial charge in [0.15, 0.2) is 5.82 Å². The third kappa shape index (κ3) is 3.97. The molecule has 4 aromatic heterocycles. The minimum atomic E-state index is 0.715.